The molecule has 0 spiro atoms. The Morgan fingerprint density at radius 3 is 2.78 bits per heavy atom. The van der Waals surface area contributed by atoms with Crippen molar-refractivity contribution in [3.63, 3.8) is 0 Å². The lowest BCUT2D eigenvalue weighted by Gasteiger charge is -2.37. The highest BCUT2D eigenvalue weighted by Gasteiger charge is 2.31. The normalized spacial score (nSPS) is 20.6. The molecule has 1 aromatic carbocycles. The summed E-state index contributed by atoms with van der Waals surface area (Å²) >= 11 is 3.47. The van der Waals surface area contributed by atoms with E-state index < -0.39 is 5.60 Å². The fourth-order valence-corrected chi connectivity index (χ4v) is 3.34. The molecule has 0 aliphatic carbocycles. The molecule has 0 radical (unpaired) electrons. The van der Waals surface area contributed by atoms with Gasteiger partial charge < -0.3 is 19.1 Å². The van der Waals surface area contributed by atoms with E-state index >= 15 is 0 Å². The van der Waals surface area contributed by atoms with Crippen LogP contribution in [0.15, 0.2) is 29.0 Å². The minimum absolute atomic E-state index is 0.0982. The number of amides is 1. The number of hydrogen-bond donors (Lipinski definition) is 0. The summed E-state index contributed by atoms with van der Waals surface area (Å²) in [6.45, 7) is 8.71. The number of morpholine rings is 1. The number of aromatic nitrogens is 2. The zero-order valence-corrected chi connectivity index (χ0v) is 17.5. The Labute approximate surface area is 167 Å². The summed E-state index contributed by atoms with van der Waals surface area (Å²) in [4.78, 5) is 22.7. The molecule has 146 valence electrons. The highest BCUT2D eigenvalue weighted by molar-refractivity contribution is 9.10. The predicted molar refractivity (Wildman–Crippen MR) is 105 cm³/mol. The van der Waals surface area contributed by atoms with E-state index in [1.807, 2.05) is 39.8 Å². The summed E-state index contributed by atoms with van der Waals surface area (Å²) in [5, 5.41) is 0. The Hall–Kier alpha value is -1.93. The fraction of sp³-hybridized carbons (Fsp3) is 0.526. The van der Waals surface area contributed by atoms with E-state index in [0.717, 1.165) is 9.99 Å². The molecule has 1 amide bonds. The van der Waals surface area contributed by atoms with Crippen molar-refractivity contribution in [2.75, 3.05) is 19.7 Å². The number of benzene rings is 1. The lowest BCUT2D eigenvalue weighted by molar-refractivity contribution is -0.0922. The van der Waals surface area contributed by atoms with Gasteiger partial charge in [0.1, 0.15) is 29.6 Å². The van der Waals surface area contributed by atoms with Crippen LogP contribution in [0.5, 0.6) is 5.75 Å². The SMILES string of the molecule is C[C@@H]1CN(C(=O)OC(C)(C)C)C[C@@H](COc2cc(Br)cc3nccnc23)O1. The van der Waals surface area contributed by atoms with E-state index in [4.69, 9.17) is 14.2 Å². The maximum Gasteiger partial charge on any atom is 0.410 e. The molecule has 1 saturated heterocycles. The van der Waals surface area contributed by atoms with Crippen LogP contribution in [-0.2, 0) is 9.47 Å². The average molecular weight is 438 g/mol. The van der Waals surface area contributed by atoms with Crippen LogP contribution in [0.1, 0.15) is 27.7 Å². The molecule has 8 heteroatoms. The van der Waals surface area contributed by atoms with Crippen LogP contribution in [0.3, 0.4) is 0 Å². The Kier molecular flexibility index (Phi) is 5.86. The molecule has 1 aliphatic heterocycles. The fourth-order valence-electron chi connectivity index (χ4n) is 2.92. The lowest BCUT2D eigenvalue weighted by atomic mass is 10.2. The van der Waals surface area contributed by atoms with Gasteiger partial charge in [-0.15, -0.1) is 0 Å². The van der Waals surface area contributed by atoms with Gasteiger partial charge in [-0.3, -0.25) is 4.98 Å². The van der Waals surface area contributed by atoms with Gasteiger partial charge in [0.15, 0.2) is 0 Å². The topological polar surface area (TPSA) is 73.8 Å². The van der Waals surface area contributed by atoms with Crippen molar-refractivity contribution in [2.24, 2.45) is 0 Å². The number of ether oxygens (including phenoxy) is 3. The van der Waals surface area contributed by atoms with Gasteiger partial charge in [-0.1, -0.05) is 15.9 Å². The van der Waals surface area contributed by atoms with Crippen LogP contribution in [0.4, 0.5) is 4.79 Å². The molecule has 7 nitrogen and oxygen atoms in total. The van der Waals surface area contributed by atoms with Crippen molar-refractivity contribution >= 4 is 33.1 Å². The minimum atomic E-state index is -0.529. The number of fused-ring (bicyclic) bond motifs is 1. The predicted octanol–water partition coefficient (Wildman–Crippen LogP) is 3.80. The van der Waals surface area contributed by atoms with Crippen LogP contribution in [0, 0.1) is 0 Å². The van der Waals surface area contributed by atoms with Crippen LogP contribution in [0.25, 0.3) is 11.0 Å². The van der Waals surface area contributed by atoms with Crippen molar-refractivity contribution in [3.05, 3.63) is 29.0 Å². The Morgan fingerprint density at radius 1 is 1.30 bits per heavy atom. The van der Waals surface area contributed by atoms with Gasteiger partial charge >= 0.3 is 6.09 Å². The first-order valence-electron chi connectivity index (χ1n) is 8.88. The van der Waals surface area contributed by atoms with E-state index in [0.29, 0.717) is 31.0 Å². The lowest BCUT2D eigenvalue weighted by Crippen LogP contribution is -2.52. The van der Waals surface area contributed by atoms with Crippen molar-refractivity contribution < 1.29 is 19.0 Å². The summed E-state index contributed by atoms with van der Waals surface area (Å²) in [7, 11) is 0. The number of hydrogen-bond acceptors (Lipinski definition) is 6. The monoisotopic (exact) mass is 437 g/mol. The maximum absolute atomic E-state index is 12.4. The number of carbonyl (C=O) groups excluding carboxylic acids is 1. The third-order valence-corrected chi connectivity index (χ3v) is 4.36. The molecule has 1 aliphatic rings. The van der Waals surface area contributed by atoms with Gasteiger partial charge in [-0.2, -0.15) is 0 Å². The summed E-state index contributed by atoms with van der Waals surface area (Å²) in [5.41, 5.74) is 0.905. The minimum Gasteiger partial charge on any atom is -0.488 e. The second-order valence-electron chi connectivity index (χ2n) is 7.59. The van der Waals surface area contributed by atoms with Crippen molar-refractivity contribution in [3.8, 4) is 5.75 Å². The molecule has 2 aromatic rings. The summed E-state index contributed by atoms with van der Waals surface area (Å²) in [6.07, 6.45) is 2.59. The van der Waals surface area contributed by atoms with Crippen molar-refractivity contribution in [1.29, 1.82) is 0 Å². The van der Waals surface area contributed by atoms with Gasteiger partial charge in [0.2, 0.25) is 0 Å². The molecule has 1 aromatic heterocycles. The number of carbonyl (C=O) groups is 1. The zero-order chi connectivity index (χ0) is 19.6. The molecule has 2 atom stereocenters. The van der Waals surface area contributed by atoms with Crippen LogP contribution < -0.4 is 4.74 Å². The molecule has 0 N–H and O–H groups in total. The highest BCUT2D eigenvalue weighted by atomic mass is 79.9. The van der Waals surface area contributed by atoms with E-state index in [1.165, 1.54) is 0 Å². The van der Waals surface area contributed by atoms with E-state index in [9.17, 15) is 4.79 Å². The van der Waals surface area contributed by atoms with Crippen molar-refractivity contribution in [2.45, 2.75) is 45.5 Å². The van der Waals surface area contributed by atoms with E-state index in [-0.39, 0.29) is 18.3 Å². The van der Waals surface area contributed by atoms with Crippen LogP contribution in [-0.4, -0.2) is 58.5 Å². The number of nitrogens with zero attached hydrogens (tertiary/aromatic N) is 3. The third-order valence-electron chi connectivity index (χ3n) is 3.91. The summed E-state index contributed by atoms with van der Waals surface area (Å²) in [6, 6.07) is 3.74. The maximum atomic E-state index is 12.4. The van der Waals surface area contributed by atoms with Gasteiger partial charge in [-0.05, 0) is 39.8 Å². The zero-order valence-electron chi connectivity index (χ0n) is 15.9. The molecule has 0 unspecified atom stereocenters. The first-order valence-corrected chi connectivity index (χ1v) is 9.67. The molecule has 0 saturated carbocycles. The molecule has 1 fully saturated rings. The average Bonchev–Trinajstić information content (AvgIpc) is 2.57. The van der Waals surface area contributed by atoms with Crippen LogP contribution in [0.2, 0.25) is 0 Å². The summed E-state index contributed by atoms with van der Waals surface area (Å²) < 4.78 is 18.3. The van der Waals surface area contributed by atoms with Crippen molar-refractivity contribution in [1.82, 2.24) is 14.9 Å². The quantitative estimate of drug-likeness (QED) is 0.726. The Bertz CT molecular complexity index is 824. The van der Waals surface area contributed by atoms with Gasteiger partial charge in [0, 0.05) is 16.9 Å². The molecule has 2 heterocycles. The number of rotatable bonds is 3. The Balaban J connectivity index is 1.68. The second-order valence-corrected chi connectivity index (χ2v) is 8.51. The van der Waals surface area contributed by atoms with Crippen LogP contribution >= 0.6 is 15.9 Å². The molecule has 0 bridgehead atoms. The number of halogens is 1. The molecular formula is C19H24BrN3O4. The van der Waals surface area contributed by atoms with E-state index in [1.54, 1.807) is 17.3 Å². The third kappa shape index (κ3) is 5.29. The smallest absolute Gasteiger partial charge is 0.410 e. The first kappa shape index (κ1) is 19.8. The van der Waals surface area contributed by atoms with Gasteiger partial charge in [0.25, 0.3) is 0 Å². The molecule has 3 rings (SSSR count). The van der Waals surface area contributed by atoms with E-state index in [2.05, 4.69) is 25.9 Å². The van der Waals surface area contributed by atoms with Gasteiger partial charge in [-0.25, -0.2) is 9.78 Å². The largest absolute Gasteiger partial charge is 0.488 e. The molecule has 27 heavy (non-hydrogen) atoms. The standard InChI is InChI=1S/C19H24BrN3O4/c1-12-9-23(18(24)27-19(2,3)4)10-14(26-12)11-25-16-8-13(20)7-15-17(16)22-6-5-21-15/h5-8,12,14H,9-11H2,1-4H3/t12-,14+/m1/s1. The Morgan fingerprint density at radius 2 is 2.04 bits per heavy atom. The molecular weight excluding hydrogens is 414 g/mol. The van der Waals surface area contributed by atoms with Gasteiger partial charge in [0.05, 0.1) is 24.7 Å². The second kappa shape index (κ2) is 7.98. The first-order chi connectivity index (χ1) is 12.7. The highest BCUT2D eigenvalue weighted by Crippen LogP contribution is 2.28. The summed E-state index contributed by atoms with van der Waals surface area (Å²) in [5.74, 6) is 0.623.